The van der Waals surface area contributed by atoms with Crippen LogP contribution < -0.4 is 5.32 Å². The number of hydrogen-bond donors (Lipinski definition) is 3. The molecule has 1 fully saturated rings. The standard InChI is InChI=1S/C17H20N2O4/c1-2-11-4-3-5-13-12(9-18-15(11)13)8-14(20)19-17(16(21)22)6-7-23-10-17/h3-5,9,18H,2,6-8,10H2,1H3,(H,19,20)(H,21,22). The zero-order valence-corrected chi connectivity index (χ0v) is 13.0. The first kappa shape index (κ1) is 15.6. The summed E-state index contributed by atoms with van der Waals surface area (Å²) in [6, 6.07) is 6.00. The van der Waals surface area contributed by atoms with E-state index in [0.29, 0.717) is 13.0 Å². The molecule has 1 unspecified atom stereocenters. The van der Waals surface area contributed by atoms with E-state index in [0.717, 1.165) is 22.9 Å². The number of carboxylic acids is 1. The van der Waals surface area contributed by atoms with Gasteiger partial charge < -0.3 is 20.1 Å². The summed E-state index contributed by atoms with van der Waals surface area (Å²) in [6.07, 6.45) is 3.16. The Morgan fingerprint density at radius 2 is 2.22 bits per heavy atom. The van der Waals surface area contributed by atoms with Gasteiger partial charge in [0.15, 0.2) is 5.54 Å². The third-order valence-electron chi connectivity index (χ3n) is 4.43. The molecule has 6 heteroatoms. The molecule has 0 spiro atoms. The van der Waals surface area contributed by atoms with Crippen molar-refractivity contribution in [3.8, 4) is 0 Å². The monoisotopic (exact) mass is 316 g/mol. The first-order valence-electron chi connectivity index (χ1n) is 7.76. The van der Waals surface area contributed by atoms with Crippen LogP contribution in [0.2, 0.25) is 0 Å². The number of hydrogen-bond acceptors (Lipinski definition) is 3. The van der Waals surface area contributed by atoms with Crippen LogP contribution in [-0.2, 0) is 27.2 Å². The zero-order chi connectivity index (χ0) is 16.4. The number of amides is 1. The fourth-order valence-corrected chi connectivity index (χ4v) is 3.09. The van der Waals surface area contributed by atoms with Crippen LogP contribution in [0.1, 0.15) is 24.5 Å². The fourth-order valence-electron chi connectivity index (χ4n) is 3.09. The second kappa shape index (κ2) is 6.04. The number of ether oxygens (including phenoxy) is 1. The molecular formula is C17H20N2O4. The van der Waals surface area contributed by atoms with E-state index in [4.69, 9.17) is 4.74 Å². The topological polar surface area (TPSA) is 91.4 Å². The molecule has 0 radical (unpaired) electrons. The number of rotatable bonds is 5. The van der Waals surface area contributed by atoms with E-state index in [1.54, 1.807) is 0 Å². The second-order valence-corrected chi connectivity index (χ2v) is 5.92. The number of para-hydroxylation sites is 1. The van der Waals surface area contributed by atoms with Crippen LogP contribution in [-0.4, -0.2) is 40.7 Å². The van der Waals surface area contributed by atoms with Gasteiger partial charge in [-0.05, 0) is 17.5 Å². The SMILES string of the molecule is CCc1cccc2c(CC(=O)NC3(C(=O)O)CCOC3)c[nH]c12. The van der Waals surface area contributed by atoms with Gasteiger partial charge >= 0.3 is 5.97 Å². The van der Waals surface area contributed by atoms with E-state index in [1.807, 2.05) is 18.3 Å². The molecule has 0 bridgehead atoms. The number of aromatic amines is 1. The Kier molecular flexibility index (Phi) is 4.09. The fraction of sp³-hybridized carbons (Fsp3) is 0.412. The zero-order valence-electron chi connectivity index (χ0n) is 13.0. The lowest BCUT2D eigenvalue weighted by atomic mass is 9.98. The minimum absolute atomic E-state index is 0.0158. The summed E-state index contributed by atoms with van der Waals surface area (Å²) < 4.78 is 5.16. The normalized spacial score (nSPS) is 20.7. The number of aromatic nitrogens is 1. The highest BCUT2D eigenvalue weighted by Gasteiger charge is 2.43. The van der Waals surface area contributed by atoms with Crippen molar-refractivity contribution in [1.29, 1.82) is 0 Å². The lowest BCUT2D eigenvalue weighted by molar-refractivity contribution is -0.147. The first-order chi connectivity index (χ1) is 11.1. The molecule has 1 atom stereocenters. The molecule has 2 aromatic rings. The van der Waals surface area contributed by atoms with Crippen molar-refractivity contribution in [2.75, 3.05) is 13.2 Å². The van der Waals surface area contributed by atoms with Crippen molar-refractivity contribution < 1.29 is 19.4 Å². The van der Waals surface area contributed by atoms with Gasteiger partial charge in [-0.1, -0.05) is 25.1 Å². The van der Waals surface area contributed by atoms with E-state index < -0.39 is 11.5 Å². The average Bonchev–Trinajstić information content (AvgIpc) is 3.15. The average molecular weight is 316 g/mol. The Labute approximate surface area is 133 Å². The van der Waals surface area contributed by atoms with Crippen LogP contribution in [0, 0.1) is 0 Å². The van der Waals surface area contributed by atoms with Gasteiger partial charge in [-0.15, -0.1) is 0 Å². The summed E-state index contributed by atoms with van der Waals surface area (Å²) in [7, 11) is 0. The number of benzene rings is 1. The Bertz CT molecular complexity index is 744. The third kappa shape index (κ3) is 2.82. The molecule has 23 heavy (non-hydrogen) atoms. The van der Waals surface area contributed by atoms with Crippen molar-refractivity contribution in [2.45, 2.75) is 31.7 Å². The van der Waals surface area contributed by atoms with Gasteiger partial charge in [0, 0.05) is 30.1 Å². The van der Waals surface area contributed by atoms with Crippen molar-refractivity contribution in [1.82, 2.24) is 10.3 Å². The van der Waals surface area contributed by atoms with Crippen molar-refractivity contribution in [3.05, 3.63) is 35.5 Å². The van der Waals surface area contributed by atoms with Crippen LogP contribution in [0.5, 0.6) is 0 Å². The van der Waals surface area contributed by atoms with E-state index >= 15 is 0 Å². The van der Waals surface area contributed by atoms with Gasteiger partial charge in [-0.25, -0.2) is 4.79 Å². The minimum Gasteiger partial charge on any atom is -0.479 e. The highest BCUT2D eigenvalue weighted by molar-refractivity contribution is 5.93. The number of aryl methyl sites for hydroxylation is 1. The molecule has 2 heterocycles. The summed E-state index contributed by atoms with van der Waals surface area (Å²) in [5, 5.41) is 13.0. The molecule has 1 amide bonds. The number of carbonyl (C=O) groups excluding carboxylic acids is 1. The van der Waals surface area contributed by atoms with Crippen LogP contribution in [0.25, 0.3) is 10.9 Å². The molecule has 1 aromatic carbocycles. The second-order valence-electron chi connectivity index (χ2n) is 5.92. The molecule has 0 saturated carbocycles. The molecular weight excluding hydrogens is 296 g/mol. The molecule has 1 saturated heterocycles. The highest BCUT2D eigenvalue weighted by Crippen LogP contribution is 2.24. The number of fused-ring (bicyclic) bond motifs is 1. The lowest BCUT2D eigenvalue weighted by Gasteiger charge is -2.23. The van der Waals surface area contributed by atoms with Gasteiger partial charge in [-0.2, -0.15) is 0 Å². The molecule has 3 rings (SSSR count). The van der Waals surface area contributed by atoms with Gasteiger partial charge in [0.05, 0.1) is 13.0 Å². The Hall–Kier alpha value is -2.34. The third-order valence-corrected chi connectivity index (χ3v) is 4.43. The van der Waals surface area contributed by atoms with E-state index in [-0.39, 0.29) is 18.9 Å². The van der Waals surface area contributed by atoms with E-state index in [9.17, 15) is 14.7 Å². The minimum atomic E-state index is -1.29. The van der Waals surface area contributed by atoms with Gasteiger partial charge in [0.1, 0.15) is 0 Å². The number of nitrogens with one attached hydrogen (secondary N) is 2. The maximum atomic E-state index is 12.3. The summed E-state index contributed by atoms with van der Waals surface area (Å²) in [5.41, 5.74) is 1.81. The highest BCUT2D eigenvalue weighted by atomic mass is 16.5. The lowest BCUT2D eigenvalue weighted by Crippen LogP contribution is -2.55. The summed E-state index contributed by atoms with van der Waals surface area (Å²) in [4.78, 5) is 27.0. The molecule has 1 aliphatic rings. The molecule has 1 aromatic heterocycles. The van der Waals surface area contributed by atoms with Crippen LogP contribution in [0.15, 0.2) is 24.4 Å². The summed E-state index contributed by atoms with van der Waals surface area (Å²) in [5.74, 6) is -1.35. The smallest absolute Gasteiger partial charge is 0.331 e. The van der Waals surface area contributed by atoms with Crippen LogP contribution in [0.4, 0.5) is 0 Å². The van der Waals surface area contributed by atoms with Crippen LogP contribution in [0.3, 0.4) is 0 Å². The summed E-state index contributed by atoms with van der Waals surface area (Å²) in [6.45, 7) is 2.44. The maximum absolute atomic E-state index is 12.3. The predicted octanol–water partition coefficient (Wildman–Crippen LogP) is 1.63. The number of carbonyl (C=O) groups is 2. The molecule has 6 nitrogen and oxygen atoms in total. The molecule has 0 aliphatic carbocycles. The Morgan fingerprint density at radius 3 is 2.87 bits per heavy atom. The van der Waals surface area contributed by atoms with Crippen molar-refractivity contribution in [2.24, 2.45) is 0 Å². The van der Waals surface area contributed by atoms with Gasteiger partial charge in [0.2, 0.25) is 5.91 Å². The molecule has 1 aliphatic heterocycles. The molecule has 122 valence electrons. The number of aliphatic carboxylic acids is 1. The Balaban J connectivity index is 1.79. The number of carboxylic acid groups (broad SMARTS) is 1. The largest absolute Gasteiger partial charge is 0.479 e. The predicted molar refractivity (Wildman–Crippen MR) is 85.3 cm³/mol. The Morgan fingerprint density at radius 1 is 1.39 bits per heavy atom. The van der Waals surface area contributed by atoms with E-state index in [2.05, 4.69) is 23.3 Å². The van der Waals surface area contributed by atoms with Crippen molar-refractivity contribution >= 4 is 22.8 Å². The van der Waals surface area contributed by atoms with Crippen molar-refractivity contribution in [3.63, 3.8) is 0 Å². The first-order valence-corrected chi connectivity index (χ1v) is 7.76. The number of H-pyrrole nitrogens is 1. The molecule has 3 N–H and O–H groups in total. The quantitative estimate of drug-likeness (QED) is 0.782. The van der Waals surface area contributed by atoms with E-state index in [1.165, 1.54) is 5.56 Å². The van der Waals surface area contributed by atoms with Gasteiger partial charge in [0.25, 0.3) is 0 Å². The van der Waals surface area contributed by atoms with Crippen LogP contribution >= 0.6 is 0 Å². The van der Waals surface area contributed by atoms with Gasteiger partial charge in [-0.3, -0.25) is 4.79 Å². The summed E-state index contributed by atoms with van der Waals surface area (Å²) >= 11 is 0. The maximum Gasteiger partial charge on any atom is 0.331 e.